The van der Waals surface area contributed by atoms with E-state index in [9.17, 15) is 0 Å². The Balaban J connectivity index is 1.96. The van der Waals surface area contributed by atoms with Gasteiger partial charge >= 0.3 is 0 Å². The molecule has 0 bridgehead atoms. The molecule has 1 heterocycles. The van der Waals surface area contributed by atoms with Crippen molar-refractivity contribution < 1.29 is 0 Å². The van der Waals surface area contributed by atoms with Crippen LogP contribution in [0.5, 0.6) is 0 Å². The van der Waals surface area contributed by atoms with Gasteiger partial charge in [-0.15, -0.1) is 0 Å². The van der Waals surface area contributed by atoms with Gasteiger partial charge in [0.25, 0.3) is 0 Å². The van der Waals surface area contributed by atoms with Crippen molar-refractivity contribution in [2.24, 2.45) is 5.92 Å². The Kier molecular flexibility index (Phi) is 5.24. The molecule has 1 aromatic carbocycles. The van der Waals surface area contributed by atoms with Gasteiger partial charge in [0.05, 0.1) is 17.3 Å². The summed E-state index contributed by atoms with van der Waals surface area (Å²) in [6.45, 7) is 3.34. The summed E-state index contributed by atoms with van der Waals surface area (Å²) >= 11 is 3.58. The maximum Gasteiger partial charge on any atom is 0.0992 e. The van der Waals surface area contributed by atoms with Crippen LogP contribution in [0.3, 0.4) is 0 Å². The van der Waals surface area contributed by atoms with Gasteiger partial charge in [0, 0.05) is 17.6 Å². The van der Waals surface area contributed by atoms with Crippen LogP contribution < -0.4 is 10.2 Å². The number of rotatable bonds is 4. The van der Waals surface area contributed by atoms with Gasteiger partial charge in [0.2, 0.25) is 0 Å². The number of halogens is 1. The highest BCUT2D eigenvalue weighted by Crippen LogP contribution is 2.31. The van der Waals surface area contributed by atoms with Crippen LogP contribution in [0.25, 0.3) is 0 Å². The van der Waals surface area contributed by atoms with E-state index >= 15 is 0 Å². The van der Waals surface area contributed by atoms with E-state index < -0.39 is 0 Å². The van der Waals surface area contributed by atoms with Gasteiger partial charge < -0.3 is 10.2 Å². The van der Waals surface area contributed by atoms with Gasteiger partial charge in [-0.25, -0.2) is 0 Å². The van der Waals surface area contributed by atoms with Gasteiger partial charge in [0.15, 0.2) is 0 Å². The highest BCUT2D eigenvalue weighted by atomic mass is 79.9. The topological polar surface area (TPSA) is 39.1 Å². The minimum absolute atomic E-state index is 0.708. The number of benzene rings is 1. The zero-order chi connectivity index (χ0) is 13.7. The molecule has 0 aliphatic carbocycles. The number of anilines is 1. The van der Waals surface area contributed by atoms with Crippen molar-refractivity contribution in [1.29, 1.82) is 5.26 Å². The van der Waals surface area contributed by atoms with E-state index in [0.717, 1.165) is 30.0 Å². The summed E-state index contributed by atoms with van der Waals surface area (Å²) in [5.41, 5.74) is 1.92. The minimum atomic E-state index is 0.708. The van der Waals surface area contributed by atoms with Crippen molar-refractivity contribution >= 4 is 21.6 Å². The largest absolute Gasteiger partial charge is 0.371 e. The first-order chi connectivity index (χ1) is 9.24. The zero-order valence-corrected chi connectivity index (χ0v) is 12.9. The lowest BCUT2D eigenvalue weighted by Gasteiger charge is -2.34. The molecule has 1 saturated heterocycles. The minimum Gasteiger partial charge on any atom is -0.371 e. The molecule has 3 nitrogen and oxygen atoms in total. The molecule has 1 N–H and O–H groups in total. The lowest BCUT2D eigenvalue weighted by atomic mass is 9.93. The van der Waals surface area contributed by atoms with Gasteiger partial charge in [-0.3, -0.25) is 0 Å². The molecule has 102 valence electrons. The van der Waals surface area contributed by atoms with E-state index in [-0.39, 0.29) is 0 Å². The summed E-state index contributed by atoms with van der Waals surface area (Å²) in [5.74, 6) is 0.848. The summed E-state index contributed by atoms with van der Waals surface area (Å²) in [6.07, 6.45) is 3.79. The van der Waals surface area contributed by atoms with E-state index in [1.165, 1.54) is 24.9 Å². The van der Waals surface area contributed by atoms with Crippen LogP contribution in [-0.2, 0) is 0 Å². The fraction of sp³-hybridized carbons (Fsp3) is 0.533. The second-order valence-electron chi connectivity index (χ2n) is 5.10. The lowest BCUT2D eigenvalue weighted by molar-refractivity contribution is 0.378. The average molecular weight is 322 g/mol. The van der Waals surface area contributed by atoms with Crippen LogP contribution in [0.1, 0.15) is 24.8 Å². The fourth-order valence-corrected chi connectivity index (χ4v) is 3.27. The number of nitrogens with one attached hydrogen (secondary N) is 1. The number of piperidine rings is 1. The number of nitriles is 1. The monoisotopic (exact) mass is 321 g/mol. The lowest BCUT2D eigenvalue weighted by Crippen LogP contribution is -2.34. The predicted octanol–water partition coefficient (Wildman–Crippen LogP) is 3.15. The normalized spacial score (nSPS) is 16.4. The Labute approximate surface area is 123 Å². The van der Waals surface area contributed by atoms with Crippen LogP contribution in [0.15, 0.2) is 22.7 Å². The number of hydrogen-bond donors (Lipinski definition) is 1. The maximum atomic E-state index is 8.89. The van der Waals surface area contributed by atoms with E-state index in [2.05, 4.69) is 38.3 Å². The highest BCUT2D eigenvalue weighted by molar-refractivity contribution is 9.10. The Morgan fingerprint density at radius 1 is 1.42 bits per heavy atom. The molecule has 0 radical (unpaired) electrons. The van der Waals surface area contributed by atoms with Crippen molar-refractivity contribution in [3.05, 3.63) is 28.2 Å². The Morgan fingerprint density at radius 3 is 2.74 bits per heavy atom. The maximum absolute atomic E-state index is 8.89. The zero-order valence-electron chi connectivity index (χ0n) is 11.3. The van der Waals surface area contributed by atoms with E-state index in [0.29, 0.717) is 5.56 Å². The highest BCUT2D eigenvalue weighted by Gasteiger charge is 2.20. The first-order valence-corrected chi connectivity index (χ1v) is 7.63. The summed E-state index contributed by atoms with van der Waals surface area (Å²) in [4.78, 5) is 2.42. The van der Waals surface area contributed by atoms with E-state index in [4.69, 9.17) is 5.26 Å². The number of nitrogens with zero attached hydrogens (tertiary/aromatic N) is 2. The molecular formula is C15H20BrN3. The quantitative estimate of drug-likeness (QED) is 0.925. The van der Waals surface area contributed by atoms with Gasteiger partial charge in [-0.05, 0) is 72.9 Å². The summed E-state index contributed by atoms with van der Waals surface area (Å²) < 4.78 is 1.03. The Morgan fingerprint density at radius 2 is 2.16 bits per heavy atom. The Hall–Kier alpha value is -1.05. The molecule has 0 aromatic heterocycles. The smallest absolute Gasteiger partial charge is 0.0992 e. The average Bonchev–Trinajstić information content (AvgIpc) is 2.45. The third-order valence-corrected chi connectivity index (χ3v) is 4.47. The molecule has 0 unspecified atom stereocenters. The van der Waals surface area contributed by atoms with Gasteiger partial charge in [0.1, 0.15) is 0 Å². The van der Waals surface area contributed by atoms with Crippen molar-refractivity contribution in [1.82, 2.24) is 5.32 Å². The molecule has 0 atom stereocenters. The molecule has 0 amide bonds. The second kappa shape index (κ2) is 6.93. The van der Waals surface area contributed by atoms with Crippen molar-refractivity contribution in [2.75, 3.05) is 31.6 Å². The summed E-state index contributed by atoms with van der Waals surface area (Å²) in [5, 5.41) is 12.1. The third kappa shape index (κ3) is 3.71. The van der Waals surface area contributed by atoms with Crippen LogP contribution in [0, 0.1) is 17.2 Å². The molecule has 0 saturated carbocycles. The summed E-state index contributed by atoms with van der Waals surface area (Å²) in [6, 6.07) is 8.03. The van der Waals surface area contributed by atoms with Crippen LogP contribution >= 0.6 is 15.9 Å². The van der Waals surface area contributed by atoms with Crippen LogP contribution in [0.4, 0.5) is 5.69 Å². The van der Waals surface area contributed by atoms with Crippen molar-refractivity contribution in [3.8, 4) is 6.07 Å². The van der Waals surface area contributed by atoms with Crippen molar-refractivity contribution in [3.63, 3.8) is 0 Å². The Bertz CT molecular complexity index is 459. The van der Waals surface area contributed by atoms with Crippen molar-refractivity contribution in [2.45, 2.75) is 19.3 Å². The fourth-order valence-electron chi connectivity index (χ4n) is 2.64. The molecule has 19 heavy (non-hydrogen) atoms. The SMILES string of the molecule is CNCCC1CCN(c2ccc(C#N)cc2Br)CC1. The third-order valence-electron chi connectivity index (χ3n) is 3.83. The van der Waals surface area contributed by atoms with Gasteiger partial charge in [-0.2, -0.15) is 5.26 Å². The molecule has 1 aliphatic rings. The molecule has 2 rings (SSSR count). The molecule has 1 fully saturated rings. The first-order valence-electron chi connectivity index (χ1n) is 6.83. The first kappa shape index (κ1) is 14.4. The molecular weight excluding hydrogens is 302 g/mol. The van der Waals surface area contributed by atoms with Gasteiger partial charge in [-0.1, -0.05) is 0 Å². The number of hydrogen-bond acceptors (Lipinski definition) is 3. The molecule has 1 aliphatic heterocycles. The van der Waals surface area contributed by atoms with E-state index in [1.807, 2.05) is 19.2 Å². The second-order valence-corrected chi connectivity index (χ2v) is 5.95. The standard InChI is InChI=1S/C15H20BrN3/c1-18-7-4-12-5-8-19(9-6-12)15-3-2-13(11-17)10-14(15)16/h2-3,10,12,18H,4-9H2,1H3. The predicted molar refractivity (Wildman–Crippen MR) is 82.3 cm³/mol. The summed E-state index contributed by atoms with van der Waals surface area (Å²) in [7, 11) is 2.02. The van der Waals surface area contributed by atoms with E-state index in [1.54, 1.807) is 0 Å². The molecule has 0 spiro atoms. The van der Waals surface area contributed by atoms with Crippen LogP contribution in [0.2, 0.25) is 0 Å². The van der Waals surface area contributed by atoms with Crippen LogP contribution in [-0.4, -0.2) is 26.7 Å². The molecule has 4 heteroatoms. The molecule has 1 aromatic rings.